The maximum atomic E-state index is 12.4. The molecule has 158 valence electrons. The number of H-pyrrole nitrogens is 1. The Morgan fingerprint density at radius 3 is 2.76 bits per heavy atom. The zero-order valence-electron chi connectivity index (χ0n) is 16.3. The number of aliphatic carboxylic acids is 1. The molecule has 2 heterocycles. The molecule has 2 rings (SSSR count). The van der Waals surface area contributed by atoms with Crippen LogP contribution in [0.25, 0.3) is 0 Å². The highest BCUT2D eigenvalue weighted by Crippen LogP contribution is 2.26. The van der Waals surface area contributed by atoms with Gasteiger partial charge in [-0.2, -0.15) is 4.98 Å². The predicted octanol–water partition coefficient (Wildman–Crippen LogP) is 2.01. The molecule has 0 fully saturated rings. The van der Waals surface area contributed by atoms with Gasteiger partial charge in [-0.15, -0.1) is 23.1 Å². The molecule has 0 bridgehead atoms. The average Bonchev–Trinajstić information content (AvgIpc) is 3.00. The highest BCUT2D eigenvalue weighted by Gasteiger charge is 2.21. The molecular formula is C18H25N5O4S2. The maximum Gasteiger partial charge on any atom is 0.326 e. The first-order valence-electron chi connectivity index (χ1n) is 9.14. The summed E-state index contributed by atoms with van der Waals surface area (Å²) in [5, 5.41) is 11.8. The van der Waals surface area contributed by atoms with Crippen LogP contribution in [0.1, 0.15) is 46.3 Å². The molecule has 0 aromatic carbocycles. The third kappa shape index (κ3) is 6.23. The molecule has 2 aromatic rings. The molecule has 0 saturated heterocycles. The Bertz CT molecular complexity index is 941. The number of aromatic nitrogens is 2. The Labute approximate surface area is 176 Å². The van der Waals surface area contributed by atoms with Crippen LogP contribution >= 0.6 is 23.1 Å². The fourth-order valence-corrected chi connectivity index (χ4v) is 4.69. The van der Waals surface area contributed by atoms with Crippen LogP contribution in [0.4, 0.5) is 11.8 Å². The van der Waals surface area contributed by atoms with Crippen molar-refractivity contribution in [1.29, 1.82) is 0 Å². The summed E-state index contributed by atoms with van der Waals surface area (Å²) in [6, 6.07) is 0.895. The lowest BCUT2D eigenvalue weighted by Gasteiger charge is -2.12. The summed E-state index contributed by atoms with van der Waals surface area (Å²) in [6.07, 6.45) is 2.55. The second-order valence-corrected chi connectivity index (χ2v) is 8.73. The number of carboxylic acid groups (broad SMARTS) is 1. The van der Waals surface area contributed by atoms with Gasteiger partial charge in [0, 0.05) is 4.88 Å². The number of nitrogen functional groups attached to an aromatic ring is 2. The normalized spacial score (nSPS) is 11.9. The van der Waals surface area contributed by atoms with Gasteiger partial charge in [-0.1, -0.05) is 13.3 Å². The van der Waals surface area contributed by atoms with Crippen molar-refractivity contribution in [3.05, 3.63) is 31.7 Å². The Hall–Kier alpha value is -2.53. The largest absolute Gasteiger partial charge is 0.480 e. The van der Waals surface area contributed by atoms with Crippen molar-refractivity contribution >= 4 is 46.7 Å². The third-order valence-corrected chi connectivity index (χ3v) is 6.61. The molecule has 0 saturated carbocycles. The number of aryl methyl sites for hydroxylation is 2. The van der Waals surface area contributed by atoms with Gasteiger partial charge in [-0.25, -0.2) is 4.79 Å². The van der Waals surface area contributed by atoms with Crippen LogP contribution in [0.5, 0.6) is 0 Å². The van der Waals surface area contributed by atoms with Gasteiger partial charge in [-0.05, 0) is 43.6 Å². The van der Waals surface area contributed by atoms with Crippen LogP contribution in [-0.2, 0) is 11.2 Å². The lowest BCUT2D eigenvalue weighted by Crippen LogP contribution is -2.40. The summed E-state index contributed by atoms with van der Waals surface area (Å²) in [5.41, 5.74) is 11.8. The number of carbonyl (C=O) groups excluding carboxylic acids is 1. The van der Waals surface area contributed by atoms with E-state index in [4.69, 9.17) is 11.5 Å². The molecule has 1 amide bonds. The standard InChI is InChI=1S/C18H25N5O4S2/c1-3-5-10(17(26)27)21-15(24)12-8-9(2)11(29-12)6-4-7-28-13-14(19)22-18(20)23-16(13)25/h8,10H,3-7H2,1-2H3,(H,21,24)(H,26,27)(H5,19,20,22,23,25)/t10-/m0/s1. The van der Waals surface area contributed by atoms with Crippen LogP contribution in [0.15, 0.2) is 15.8 Å². The van der Waals surface area contributed by atoms with Crippen molar-refractivity contribution in [3.63, 3.8) is 0 Å². The molecule has 1 atom stereocenters. The maximum absolute atomic E-state index is 12.4. The van der Waals surface area contributed by atoms with E-state index >= 15 is 0 Å². The van der Waals surface area contributed by atoms with Gasteiger partial charge in [0.1, 0.15) is 16.8 Å². The summed E-state index contributed by atoms with van der Waals surface area (Å²) in [7, 11) is 0. The summed E-state index contributed by atoms with van der Waals surface area (Å²) in [5.74, 6) is -0.650. The van der Waals surface area contributed by atoms with Crippen LogP contribution in [0.2, 0.25) is 0 Å². The number of nitrogens with two attached hydrogens (primary N) is 2. The quantitative estimate of drug-likeness (QED) is 0.277. The predicted molar refractivity (Wildman–Crippen MR) is 116 cm³/mol. The average molecular weight is 440 g/mol. The molecule has 2 aromatic heterocycles. The number of nitrogens with zero attached hydrogens (tertiary/aromatic N) is 1. The van der Waals surface area contributed by atoms with Crippen molar-refractivity contribution in [2.75, 3.05) is 17.2 Å². The van der Waals surface area contributed by atoms with Crippen LogP contribution < -0.4 is 22.3 Å². The molecule has 0 aliphatic carbocycles. The Kier molecular flexibility index (Phi) is 8.09. The SMILES string of the molecule is CCC[C@H](NC(=O)c1cc(C)c(CCCSc2c(N)nc(N)[nH]c2=O)s1)C(=O)O. The van der Waals surface area contributed by atoms with Gasteiger partial charge in [0.25, 0.3) is 11.5 Å². The van der Waals surface area contributed by atoms with E-state index in [0.717, 1.165) is 23.3 Å². The highest BCUT2D eigenvalue weighted by molar-refractivity contribution is 7.99. The molecular weight excluding hydrogens is 414 g/mol. The fourth-order valence-electron chi connectivity index (χ4n) is 2.70. The van der Waals surface area contributed by atoms with E-state index in [1.54, 1.807) is 6.07 Å². The molecule has 7 N–H and O–H groups in total. The number of carboxylic acids is 1. The zero-order valence-corrected chi connectivity index (χ0v) is 17.9. The van der Waals surface area contributed by atoms with E-state index in [0.29, 0.717) is 28.4 Å². The molecule has 11 heteroatoms. The minimum Gasteiger partial charge on any atom is -0.480 e. The number of thioether (sulfide) groups is 1. The van der Waals surface area contributed by atoms with Gasteiger partial charge < -0.3 is 21.9 Å². The van der Waals surface area contributed by atoms with Crippen molar-refractivity contribution in [2.24, 2.45) is 0 Å². The monoisotopic (exact) mass is 439 g/mol. The second-order valence-electron chi connectivity index (χ2n) is 6.49. The topological polar surface area (TPSA) is 164 Å². The summed E-state index contributed by atoms with van der Waals surface area (Å²) in [4.78, 5) is 43.7. The van der Waals surface area contributed by atoms with Crippen LogP contribution in [0, 0.1) is 6.92 Å². The number of carbonyl (C=O) groups is 2. The summed E-state index contributed by atoms with van der Waals surface area (Å²) in [6.45, 7) is 3.79. The van der Waals surface area contributed by atoms with E-state index in [1.807, 2.05) is 13.8 Å². The molecule has 0 unspecified atom stereocenters. The molecule has 0 aliphatic rings. The summed E-state index contributed by atoms with van der Waals surface area (Å²) >= 11 is 2.67. The van der Waals surface area contributed by atoms with Crippen molar-refractivity contribution in [1.82, 2.24) is 15.3 Å². The minimum absolute atomic E-state index is 0.0130. The number of aromatic amines is 1. The minimum atomic E-state index is -1.03. The Morgan fingerprint density at radius 1 is 1.41 bits per heavy atom. The number of anilines is 2. The molecule has 0 spiro atoms. The van der Waals surface area contributed by atoms with E-state index in [-0.39, 0.29) is 23.2 Å². The number of thiophene rings is 1. The number of amides is 1. The number of hydrogen-bond donors (Lipinski definition) is 5. The number of nitrogens with one attached hydrogen (secondary N) is 2. The van der Waals surface area contributed by atoms with Gasteiger partial charge in [0.15, 0.2) is 0 Å². The van der Waals surface area contributed by atoms with E-state index in [9.17, 15) is 19.5 Å². The fraction of sp³-hybridized carbons (Fsp3) is 0.444. The van der Waals surface area contributed by atoms with E-state index < -0.39 is 12.0 Å². The first-order valence-corrected chi connectivity index (χ1v) is 10.9. The molecule has 0 radical (unpaired) electrons. The second kappa shape index (κ2) is 10.3. The molecule has 29 heavy (non-hydrogen) atoms. The number of hydrogen-bond acceptors (Lipinski definition) is 8. The summed E-state index contributed by atoms with van der Waals surface area (Å²) < 4.78 is 0. The zero-order chi connectivity index (χ0) is 21.6. The first-order chi connectivity index (χ1) is 13.7. The highest BCUT2D eigenvalue weighted by atomic mass is 32.2. The molecule has 9 nitrogen and oxygen atoms in total. The van der Waals surface area contributed by atoms with Crippen LogP contribution in [0.3, 0.4) is 0 Å². The Morgan fingerprint density at radius 2 is 2.14 bits per heavy atom. The van der Waals surface area contributed by atoms with Crippen molar-refractivity contribution in [2.45, 2.75) is 50.5 Å². The lowest BCUT2D eigenvalue weighted by atomic mass is 10.1. The third-order valence-electron chi connectivity index (χ3n) is 4.14. The first kappa shape index (κ1) is 22.8. The molecule has 0 aliphatic heterocycles. The van der Waals surface area contributed by atoms with Gasteiger partial charge >= 0.3 is 5.97 Å². The lowest BCUT2D eigenvalue weighted by molar-refractivity contribution is -0.139. The van der Waals surface area contributed by atoms with Crippen molar-refractivity contribution < 1.29 is 14.7 Å². The smallest absolute Gasteiger partial charge is 0.326 e. The number of rotatable bonds is 10. The van der Waals surface area contributed by atoms with Gasteiger partial charge in [-0.3, -0.25) is 14.6 Å². The van der Waals surface area contributed by atoms with Crippen LogP contribution in [-0.4, -0.2) is 38.7 Å². The van der Waals surface area contributed by atoms with Gasteiger partial charge in [0.05, 0.1) is 4.88 Å². The Balaban J connectivity index is 1.93. The van der Waals surface area contributed by atoms with Gasteiger partial charge in [0.2, 0.25) is 5.95 Å². The van der Waals surface area contributed by atoms with E-state index in [2.05, 4.69) is 15.3 Å². The van der Waals surface area contributed by atoms with E-state index in [1.165, 1.54) is 23.1 Å². The van der Waals surface area contributed by atoms with Crippen molar-refractivity contribution in [3.8, 4) is 0 Å².